The third-order valence-corrected chi connectivity index (χ3v) is 5.93. The van der Waals surface area contributed by atoms with E-state index in [9.17, 15) is 9.18 Å². The monoisotopic (exact) mass is 409 g/mol. The Balaban J connectivity index is 1.60. The number of carbonyl (C=O) groups excluding carboxylic acids is 1. The first kappa shape index (κ1) is 20.4. The van der Waals surface area contributed by atoms with E-state index in [-0.39, 0.29) is 23.8 Å². The van der Waals surface area contributed by atoms with E-state index in [0.29, 0.717) is 35.3 Å². The largest absolute Gasteiger partial charge is 0.463 e. The molecule has 3 aromatic rings. The molecule has 1 aliphatic heterocycles. The van der Waals surface area contributed by atoms with Gasteiger partial charge in [0.15, 0.2) is 0 Å². The Labute approximate surface area is 176 Å². The number of amides is 1. The van der Waals surface area contributed by atoms with Crippen LogP contribution in [0.4, 0.5) is 10.1 Å². The Kier molecular flexibility index (Phi) is 5.52. The van der Waals surface area contributed by atoms with Crippen molar-refractivity contribution in [3.8, 4) is 0 Å². The van der Waals surface area contributed by atoms with Crippen LogP contribution in [0.2, 0.25) is 0 Å². The molecule has 1 aromatic heterocycles. The van der Waals surface area contributed by atoms with Crippen LogP contribution in [-0.4, -0.2) is 55.0 Å². The standard InChI is InChI=1S/C24H28FN3O2/c1-16-12-27(13-17(2)28(16)14-18-8-6-5-7-9-18)22-10-19-20(24(29)26(3)4)15-30-23(19)11-21(22)25/h5-11,15-17H,12-14H2,1-4H3/t16-,17+. The molecule has 5 nitrogen and oxygen atoms in total. The zero-order chi connectivity index (χ0) is 21.4. The highest BCUT2D eigenvalue weighted by Crippen LogP contribution is 2.32. The Morgan fingerprint density at radius 3 is 2.43 bits per heavy atom. The maximum atomic E-state index is 15.0. The number of hydrogen-bond acceptors (Lipinski definition) is 4. The van der Waals surface area contributed by atoms with Crippen LogP contribution in [0.15, 0.2) is 53.1 Å². The molecule has 0 spiro atoms. The number of anilines is 1. The molecule has 1 amide bonds. The topological polar surface area (TPSA) is 39.9 Å². The third-order valence-electron chi connectivity index (χ3n) is 5.93. The van der Waals surface area contributed by atoms with Crippen molar-refractivity contribution in [2.45, 2.75) is 32.5 Å². The van der Waals surface area contributed by atoms with Crippen molar-refractivity contribution in [3.63, 3.8) is 0 Å². The molecule has 6 heteroatoms. The van der Waals surface area contributed by atoms with E-state index in [4.69, 9.17) is 4.42 Å². The average Bonchev–Trinajstić information content (AvgIpc) is 3.12. The average molecular weight is 410 g/mol. The number of piperazine rings is 1. The Morgan fingerprint density at radius 1 is 1.13 bits per heavy atom. The van der Waals surface area contributed by atoms with E-state index < -0.39 is 0 Å². The maximum absolute atomic E-state index is 15.0. The van der Waals surface area contributed by atoms with Gasteiger partial charge in [0, 0.05) is 57.3 Å². The van der Waals surface area contributed by atoms with E-state index in [2.05, 4.69) is 47.9 Å². The number of nitrogens with zero attached hydrogens (tertiary/aromatic N) is 3. The molecule has 30 heavy (non-hydrogen) atoms. The zero-order valence-electron chi connectivity index (χ0n) is 17.9. The van der Waals surface area contributed by atoms with Gasteiger partial charge in [-0.15, -0.1) is 0 Å². The van der Waals surface area contributed by atoms with Gasteiger partial charge in [0.1, 0.15) is 17.7 Å². The van der Waals surface area contributed by atoms with Gasteiger partial charge in [-0.2, -0.15) is 0 Å². The van der Waals surface area contributed by atoms with Crippen LogP contribution in [0.25, 0.3) is 11.0 Å². The van der Waals surface area contributed by atoms with Crippen molar-refractivity contribution in [1.82, 2.24) is 9.80 Å². The van der Waals surface area contributed by atoms with E-state index in [0.717, 1.165) is 6.54 Å². The first-order valence-electron chi connectivity index (χ1n) is 10.3. The number of furan rings is 1. The number of benzene rings is 2. The van der Waals surface area contributed by atoms with Crippen LogP contribution in [0.1, 0.15) is 29.8 Å². The van der Waals surface area contributed by atoms with Gasteiger partial charge in [-0.3, -0.25) is 9.69 Å². The molecule has 0 bridgehead atoms. The maximum Gasteiger partial charge on any atom is 0.257 e. The molecule has 0 radical (unpaired) electrons. The minimum atomic E-state index is -0.323. The number of carbonyl (C=O) groups is 1. The molecular weight excluding hydrogens is 381 g/mol. The van der Waals surface area contributed by atoms with Crippen LogP contribution in [0, 0.1) is 5.82 Å². The molecule has 2 aromatic carbocycles. The quantitative estimate of drug-likeness (QED) is 0.641. The zero-order valence-corrected chi connectivity index (χ0v) is 17.9. The number of halogens is 1. The molecule has 1 saturated heterocycles. The van der Waals surface area contributed by atoms with Crippen molar-refractivity contribution in [2.75, 3.05) is 32.1 Å². The molecule has 1 fully saturated rings. The highest BCUT2D eigenvalue weighted by atomic mass is 19.1. The summed E-state index contributed by atoms with van der Waals surface area (Å²) in [6.45, 7) is 6.67. The fourth-order valence-electron chi connectivity index (χ4n) is 4.35. The SMILES string of the molecule is C[C@@H]1CN(c2cc3c(C(=O)N(C)C)coc3cc2F)C[C@H](C)N1Cc1ccccc1. The van der Waals surface area contributed by atoms with Crippen LogP contribution in [0.5, 0.6) is 0 Å². The van der Waals surface area contributed by atoms with E-state index in [1.807, 2.05) is 6.07 Å². The van der Waals surface area contributed by atoms with Crippen LogP contribution in [0.3, 0.4) is 0 Å². The smallest absolute Gasteiger partial charge is 0.257 e. The van der Waals surface area contributed by atoms with Gasteiger partial charge < -0.3 is 14.2 Å². The van der Waals surface area contributed by atoms with E-state index in [1.54, 1.807) is 20.2 Å². The Hall–Kier alpha value is -2.86. The molecule has 2 heterocycles. The minimum Gasteiger partial charge on any atom is -0.463 e. The second kappa shape index (κ2) is 8.11. The summed E-state index contributed by atoms with van der Waals surface area (Å²) in [5, 5.41) is 0.650. The second-order valence-corrected chi connectivity index (χ2v) is 8.41. The molecule has 158 valence electrons. The molecule has 2 atom stereocenters. The lowest BCUT2D eigenvalue weighted by molar-refractivity contribution is 0.0828. The molecule has 1 aliphatic rings. The highest BCUT2D eigenvalue weighted by Gasteiger charge is 2.31. The summed E-state index contributed by atoms with van der Waals surface area (Å²) >= 11 is 0. The van der Waals surface area contributed by atoms with Gasteiger partial charge >= 0.3 is 0 Å². The van der Waals surface area contributed by atoms with Crippen molar-refractivity contribution >= 4 is 22.6 Å². The Bertz CT molecular complexity index is 1040. The lowest BCUT2D eigenvalue weighted by atomic mass is 10.0. The molecular formula is C24H28FN3O2. The van der Waals surface area contributed by atoms with E-state index >= 15 is 0 Å². The summed E-state index contributed by atoms with van der Waals surface area (Å²) < 4.78 is 20.4. The van der Waals surface area contributed by atoms with Gasteiger partial charge in [-0.25, -0.2) is 4.39 Å². The second-order valence-electron chi connectivity index (χ2n) is 8.41. The Morgan fingerprint density at radius 2 is 1.80 bits per heavy atom. The normalized spacial score (nSPS) is 20.0. The van der Waals surface area contributed by atoms with Crippen molar-refractivity contribution in [1.29, 1.82) is 0 Å². The molecule has 0 saturated carbocycles. The fourth-order valence-corrected chi connectivity index (χ4v) is 4.35. The van der Waals surface area contributed by atoms with E-state index in [1.165, 1.54) is 22.8 Å². The van der Waals surface area contributed by atoms with Crippen molar-refractivity contribution in [3.05, 3.63) is 65.7 Å². The predicted octanol–water partition coefficient (Wildman–Crippen LogP) is 4.37. The lowest BCUT2D eigenvalue weighted by Gasteiger charge is -2.45. The van der Waals surface area contributed by atoms with Crippen molar-refractivity contribution < 1.29 is 13.6 Å². The molecule has 0 aliphatic carbocycles. The van der Waals surface area contributed by atoms with Gasteiger partial charge in [-0.1, -0.05) is 30.3 Å². The summed E-state index contributed by atoms with van der Waals surface area (Å²) in [7, 11) is 3.39. The number of hydrogen-bond donors (Lipinski definition) is 0. The van der Waals surface area contributed by atoms with Gasteiger partial charge in [0.05, 0.1) is 11.3 Å². The first-order chi connectivity index (χ1) is 14.3. The highest BCUT2D eigenvalue weighted by molar-refractivity contribution is 6.06. The van der Waals surface area contributed by atoms with Gasteiger partial charge in [0.25, 0.3) is 5.91 Å². The van der Waals surface area contributed by atoms with Crippen LogP contribution >= 0.6 is 0 Å². The summed E-state index contributed by atoms with van der Waals surface area (Å²) in [6.07, 6.45) is 1.42. The molecule has 0 N–H and O–H groups in total. The summed E-state index contributed by atoms with van der Waals surface area (Å²) in [6, 6.07) is 14.1. The van der Waals surface area contributed by atoms with Gasteiger partial charge in [-0.05, 0) is 25.5 Å². The van der Waals surface area contributed by atoms with Crippen molar-refractivity contribution in [2.24, 2.45) is 0 Å². The predicted molar refractivity (Wildman–Crippen MR) is 117 cm³/mol. The summed E-state index contributed by atoms with van der Waals surface area (Å²) in [5.74, 6) is -0.475. The fraction of sp³-hybridized carbons (Fsp3) is 0.375. The third kappa shape index (κ3) is 3.79. The first-order valence-corrected chi connectivity index (χ1v) is 10.3. The van der Waals surface area contributed by atoms with Crippen LogP contribution in [-0.2, 0) is 6.54 Å². The number of rotatable bonds is 4. The van der Waals surface area contributed by atoms with Crippen LogP contribution < -0.4 is 4.90 Å². The summed E-state index contributed by atoms with van der Waals surface area (Å²) in [5.41, 5.74) is 2.66. The summed E-state index contributed by atoms with van der Waals surface area (Å²) in [4.78, 5) is 18.5. The minimum absolute atomic E-state index is 0.152. The van der Waals surface area contributed by atoms with Gasteiger partial charge in [0.2, 0.25) is 0 Å². The molecule has 4 rings (SSSR count). The lowest BCUT2D eigenvalue weighted by Crippen LogP contribution is -2.56. The number of fused-ring (bicyclic) bond motifs is 1. The molecule has 0 unspecified atom stereocenters.